The fraction of sp³-hybridized carbons (Fsp3) is 0.0667. The number of thioether (sulfide) groups is 1. The monoisotopic (exact) mass is 600 g/mol. The summed E-state index contributed by atoms with van der Waals surface area (Å²) in [6, 6.07) is 26.7. The van der Waals surface area contributed by atoms with Gasteiger partial charge in [0, 0.05) is 38.7 Å². The molecule has 3 N–H and O–H groups in total. The second-order valence-corrected chi connectivity index (χ2v) is 10.7. The highest BCUT2D eigenvalue weighted by molar-refractivity contribution is 9.10. The number of anilines is 2. The lowest BCUT2D eigenvalue weighted by Crippen LogP contribution is -2.30. The Labute approximate surface area is 239 Å². The van der Waals surface area contributed by atoms with E-state index in [-0.39, 0.29) is 16.9 Å². The minimum absolute atomic E-state index is 0.0989. The van der Waals surface area contributed by atoms with Crippen molar-refractivity contribution in [2.75, 3.05) is 10.6 Å². The van der Waals surface area contributed by atoms with Gasteiger partial charge in [0.15, 0.2) is 0 Å². The summed E-state index contributed by atoms with van der Waals surface area (Å²) in [6.45, 7) is 1.82. The molecule has 0 aliphatic carbocycles. The number of hydrogen-bond donors (Lipinski definition) is 3. The third-order valence-electron chi connectivity index (χ3n) is 5.43. The summed E-state index contributed by atoms with van der Waals surface area (Å²) in [5.74, 6) is -0.984. The summed E-state index contributed by atoms with van der Waals surface area (Å²) < 4.78 is 0.849. The number of nitrogens with zero attached hydrogens (tertiary/aromatic N) is 1. The SMILES string of the molecule is CC(Sc1ccc(NC(=O)/C(=C/c2cccc(Br)c2)NC(=O)c2ccccc2)cc1)C(=O)Nc1ccncc1. The molecule has 0 saturated carbocycles. The lowest BCUT2D eigenvalue weighted by molar-refractivity contribution is -0.115. The van der Waals surface area contributed by atoms with Crippen molar-refractivity contribution in [1.29, 1.82) is 0 Å². The molecule has 0 bridgehead atoms. The summed E-state index contributed by atoms with van der Waals surface area (Å²) >= 11 is 4.83. The van der Waals surface area contributed by atoms with Gasteiger partial charge < -0.3 is 16.0 Å². The molecule has 0 spiro atoms. The summed E-state index contributed by atoms with van der Waals surface area (Å²) in [5, 5.41) is 8.10. The normalized spacial score (nSPS) is 11.8. The average Bonchev–Trinajstić information content (AvgIpc) is 2.94. The number of hydrogen-bond acceptors (Lipinski definition) is 5. The van der Waals surface area contributed by atoms with Gasteiger partial charge in [0.1, 0.15) is 5.70 Å². The van der Waals surface area contributed by atoms with Gasteiger partial charge in [0.2, 0.25) is 5.91 Å². The van der Waals surface area contributed by atoms with Crippen LogP contribution in [0.4, 0.5) is 11.4 Å². The van der Waals surface area contributed by atoms with Crippen LogP contribution >= 0.6 is 27.7 Å². The number of amides is 3. The van der Waals surface area contributed by atoms with Gasteiger partial charge in [-0.2, -0.15) is 0 Å². The molecule has 1 unspecified atom stereocenters. The van der Waals surface area contributed by atoms with Crippen molar-refractivity contribution in [3.05, 3.63) is 125 Å². The van der Waals surface area contributed by atoms with E-state index in [1.165, 1.54) is 11.8 Å². The Morgan fingerprint density at radius 1 is 0.846 bits per heavy atom. The predicted octanol–water partition coefficient (Wildman–Crippen LogP) is 6.37. The Kier molecular flexibility index (Phi) is 9.66. The van der Waals surface area contributed by atoms with E-state index < -0.39 is 11.8 Å². The molecule has 0 fully saturated rings. The molecule has 9 heteroatoms. The molecule has 7 nitrogen and oxygen atoms in total. The minimum Gasteiger partial charge on any atom is -0.325 e. The van der Waals surface area contributed by atoms with E-state index >= 15 is 0 Å². The smallest absolute Gasteiger partial charge is 0.272 e. The first kappa shape index (κ1) is 27.8. The van der Waals surface area contributed by atoms with E-state index in [1.807, 2.05) is 49.4 Å². The van der Waals surface area contributed by atoms with Crippen LogP contribution in [0, 0.1) is 0 Å². The van der Waals surface area contributed by atoms with Crippen molar-refractivity contribution in [1.82, 2.24) is 10.3 Å². The standard InChI is InChI=1S/C30H25BrN4O3S/c1-20(28(36)33-25-14-16-32-17-15-25)39-26-12-10-24(11-13-26)34-30(38)27(19-21-6-5-9-23(31)18-21)35-29(37)22-7-3-2-4-8-22/h2-20H,1H3,(H,34,38)(H,35,37)(H,32,33,36)/b27-19-. The van der Waals surface area contributed by atoms with Gasteiger partial charge in [-0.1, -0.05) is 46.3 Å². The van der Waals surface area contributed by atoms with Gasteiger partial charge in [-0.15, -0.1) is 11.8 Å². The second-order valence-electron chi connectivity index (χ2n) is 8.40. The van der Waals surface area contributed by atoms with Gasteiger partial charge in [-0.3, -0.25) is 19.4 Å². The number of benzene rings is 3. The van der Waals surface area contributed by atoms with Crippen molar-refractivity contribution in [2.24, 2.45) is 0 Å². The number of carbonyl (C=O) groups is 3. The van der Waals surface area contributed by atoms with Crippen LogP contribution in [0.5, 0.6) is 0 Å². The Bertz CT molecular complexity index is 1480. The zero-order chi connectivity index (χ0) is 27.6. The molecule has 1 aromatic heterocycles. The van der Waals surface area contributed by atoms with Crippen molar-refractivity contribution in [3.63, 3.8) is 0 Å². The van der Waals surface area contributed by atoms with Crippen molar-refractivity contribution < 1.29 is 14.4 Å². The topological polar surface area (TPSA) is 100 Å². The van der Waals surface area contributed by atoms with Crippen LogP contribution in [0.15, 0.2) is 118 Å². The number of carbonyl (C=O) groups excluding carboxylic acids is 3. The van der Waals surface area contributed by atoms with Gasteiger partial charge >= 0.3 is 0 Å². The molecule has 0 aliphatic rings. The molecule has 4 rings (SSSR count). The number of nitrogens with one attached hydrogen (secondary N) is 3. The molecule has 196 valence electrons. The van der Waals surface area contributed by atoms with E-state index in [0.717, 1.165) is 14.9 Å². The number of halogens is 1. The van der Waals surface area contributed by atoms with Crippen molar-refractivity contribution in [2.45, 2.75) is 17.1 Å². The van der Waals surface area contributed by atoms with Crippen LogP contribution in [0.3, 0.4) is 0 Å². The summed E-state index contributed by atoms with van der Waals surface area (Å²) in [5.41, 5.74) is 2.52. The fourth-order valence-electron chi connectivity index (χ4n) is 3.46. The number of aromatic nitrogens is 1. The maximum atomic E-state index is 13.2. The van der Waals surface area contributed by atoms with Gasteiger partial charge in [0.05, 0.1) is 5.25 Å². The first-order valence-electron chi connectivity index (χ1n) is 12.0. The molecule has 0 radical (unpaired) electrons. The Balaban J connectivity index is 1.43. The third kappa shape index (κ3) is 8.39. The fourth-order valence-corrected chi connectivity index (χ4v) is 4.74. The molecule has 1 heterocycles. The van der Waals surface area contributed by atoms with Crippen molar-refractivity contribution in [3.8, 4) is 0 Å². The molecule has 1 atom stereocenters. The zero-order valence-corrected chi connectivity index (χ0v) is 23.3. The van der Waals surface area contributed by atoms with E-state index in [1.54, 1.807) is 67.0 Å². The number of pyridine rings is 1. The molecular formula is C30H25BrN4O3S. The molecule has 0 aliphatic heterocycles. The summed E-state index contributed by atoms with van der Waals surface area (Å²) in [7, 11) is 0. The maximum absolute atomic E-state index is 13.2. The number of rotatable bonds is 9. The van der Waals surface area contributed by atoms with Crippen molar-refractivity contribution >= 4 is 62.9 Å². The highest BCUT2D eigenvalue weighted by Crippen LogP contribution is 2.26. The Morgan fingerprint density at radius 2 is 1.54 bits per heavy atom. The predicted molar refractivity (Wildman–Crippen MR) is 159 cm³/mol. The van der Waals surface area contributed by atoms with Crippen LogP contribution in [0.2, 0.25) is 0 Å². The van der Waals surface area contributed by atoms with Gasteiger partial charge in [-0.25, -0.2) is 0 Å². The molecule has 39 heavy (non-hydrogen) atoms. The largest absolute Gasteiger partial charge is 0.325 e. The summed E-state index contributed by atoms with van der Waals surface area (Å²) in [4.78, 5) is 43.4. The van der Waals surface area contributed by atoms with Crippen LogP contribution in [-0.4, -0.2) is 28.0 Å². The van der Waals surface area contributed by atoms with E-state index in [4.69, 9.17) is 0 Å². The van der Waals surface area contributed by atoms with Gasteiger partial charge in [0.25, 0.3) is 11.8 Å². The highest BCUT2D eigenvalue weighted by Gasteiger charge is 2.17. The van der Waals surface area contributed by atoms with E-state index in [2.05, 4.69) is 36.9 Å². The second kappa shape index (κ2) is 13.5. The average molecular weight is 602 g/mol. The highest BCUT2D eigenvalue weighted by atomic mass is 79.9. The lowest BCUT2D eigenvalue weighted by Gasteiger charge is -2.13. The van der Waals surface area contributed by atoms with Crippen LogP contribution < -0.4 is 16.0 Å². The molecular weight excluding hydrogens is 576 g/mol. The van der Waals surface area contributed by atoms with Crippen LogP contribution in [-0.2, 0) is 9.59 Å². The van der Waals surface area contributed by atoms with Gasteiger partial charge in [-0.05, 0) is 79.2 Å². The first-order chi connectivity index (χ1) is 18.9. The van der Waals surface area contributed by atoms with Crippen LogP contribution in [0.1, 0.15) is 22.8 Å². The Hall–Kier alpha value is -4.21. The Morgan fingerprint density at radius 3 is 2.23 bits per heavy atom. The van der Waals surface area contributed by atoms with E-state index in [0.29, 0.717) is 16.9 Å². The molecule has 3 amide bonds. The maximum Gasteiger partial charge on any atom is 0.272 e. The zero-order valence-electron chi connectivity index (χ0n) is 20.9. The third-order valence-corrected chi connectivity index (χ3v) is 7.04. The quantitative estimate of drug-likeness (QED) is 0.153. The molecule has 3 aromatic carbocycles. The molecule has 4 aromatic rings. The molecule has 0 saturated heterocycles. The first-order valence-corrected chi connectivity index (χ1v) is 13.7. The van der Waals surface area contributed by atoms with E-state index in [9.17, 15) is 14.4 Å². The lowest BCUT2D eigenvalue weighted by atomic mass is 10.1. The van der Waals surface area contributed by atoms with Crippen LogP contribution in [0.25, 0.3) is 6.08 Å². The minimum atomic E-state index is -0.468. The summed E-state index contributed by atoms with van der Waals surface area (Å²) in [6.07, 6.45) is 4.86.